The summed E-state index contributed by atoms with van der Waals surface area (Å²) >= 11 is 3.08. The number of H-pyrrole nitrogens is 1. The maximum Gasteiger partial charge on any atom is 0.244 e. The molecule has 0 fully saturated rings. The third-order valence-electron chi connectivity index (χ3n) is 3.52. The fourth-order valence-corrected chi connectivity index (χ4v) is 2.74. The van der Waals surface area contributed by atoms with Gasteiger partial charge in [-0.3, -0.25) is 5.10 Å². The van der Waals surface area contributed by atoms with E-state index in [1.54, 1.807) is 6.92 Å². The van der Waals surface area contributed by atoms with Crippen LogP contribution in [0, 0.1) is 18.3 Å². The summed E-state index contributed by atoms with van der Waals surface area (Å²) in [4.78, 5) is 0. The van der Waals surface area contributed by atoms with Crippen molar-refractivity contribution >= 4 is 15.9 Å². The highest BCUT2D eigenvalue weighted by Crippen LogP contribution is 2.45. The molecule has 8 heteroatoms. The molecule has 0 unspecified atom stereocenters. The van der Waals surface area contributed by atoms with Gasteiger partial charge in [0.15, 0.2) is 0 Å². The molecule has 1 aromatic carbocycles. The molecule has 1 atom stereocenters. The SMILES string of the molecule is Cc1[nH]nc2c1[C@@H](c1cc(O)c(Br)c(O)c1)C(C#N)=C(N)O2. The highest BCUT2D eigenvalue weighted by molar-refractivity contribution is 9.10. The molecule has 0 bridgehead atoms. The molecule has 0 saturated heterocycles. The Morgan fingerprint density at radius 3 is 2.64 bits per heavy atom. The van der Waals surface area contributed by atoms with Gasteiger partial charge in [-0.05, 0) is 40.5 Å². The topological polar surface area (TPSA) is 128 Å². The zero-order valence-electron chi connectivity index (χ0n) is 11.4. The fraction of sp³-hybridized carbons (Fsp3) is 0.143. The number of halogens is 1. The first-order chi connectivity index (χ1) is 10.4. The Bertz CT molecular complexity index is 827. The number of rotatable bonds is 1. The normalized spacial score (nSPS) is 16.9. The minimum absolute atomic E-state index is 0.0478. The summed E-state index contributed by atoms with van der Waals surface area (Å²) < 4.78 is 5.53. The lowest BCUT2D eigenvalue weighted by Crippen LogP contribution is -2.21. The van der Waals surface area contributed by atoms with Crippen molar-refractivity contribution in [1.82, 2.24) is 10.2 Å². The average molecular weight is 363 g/mol. The van der Waals surface area contributed by atoms with Gasteiger partial charge in [-0.15, -0.1) is 5.10 Å². The van der Waals surface area contributed by atoms with E-state index in [1.807, 2.05) is 6.07 Å². The Morgan fingerprint density at radius 1 is 1.41 bits per heavy atom. The molecule has 1 aliphatic rings. The number of aromatic amines is 1. The summed E-state index contributed by atoms with van der Waals surface area (Å²) in [5, 5.41) is 36.0. The van der Waals surface area contributed by atoms with Gasteiger partial charge in [-0.1, -0.05) is 0 Å². The van der Waals surface area contributed by atoms with Crippen LogP contribution in [0.25, 0.3) is 0 Å². The number of hydrogen-bond acceptors (Lipinski definition) is 6. The molecule has 0 radical (unpaired) electrons. The van der Waals surface area contributed by atoms with E-state index >= 15 is 0 Å². The molecule has 1 aliphatic heterocycles. The minimum atomic E-state index is -0.586. The zero-order chi connectivity index (χ0) is 16.0. The van der Waals surface area contributed by atoms with E-state index in [0.717, 1.165) is 0 Å². The molecule has 3 rings (SSSR count). The lowest BCUT2D eigenvalue weighted by molar-refractivity contribution is 0.378. The van der Waals surface area contributed by atoms with Crippen LogP contribution in [-0.4, -0.2) is 20.4 Å². The highest BCUT2D eigenvalue weighted by Gasteiger charge is 2.34. The molecule has 0 spiro atoms. The van der Waals surface area contributed by atoms with Crippen LogP contribution in [0.4, 0.5) is 0 Å². The molecule has 2 aromatic rings. The Labute approximate surface area is 133 Å². The number of allylic oxidation sites excluding steroid dienone is 1. The number of hydrogen-bond donors (Lipinski definition) is 4. The van der Waals surface area contributed by atoms with Gasteiger partial charge >= 0.3 is 0 Å². The quantitative estimate of drug-likeness (QED) is 0.614. The summed E-state index contributed by atoms with van der Waals surface area (Å²) in [6.07, 6.45) is 0. The van der Waals surface area contributed by atoms with Gasteiger partial charge < -0.3 is 20.7 Å². The number of phenolic OH excluding ortho intramolecular Hbond substituents is 2. The Kier molecular flexibility index (Phi) is 3.22. The predicted molar refractivity (Wildman–Crippen MR) is 80.1 cm³/mol. The standard InChI is InChI=1S/C14H11BrN4O3/c1-5-10-11(6-2-8(20)12(15)9(21)3-6)7(4-16)13(17)22-14(10)19-18-5/h2-3,11,20-21H,17H2,1H3,(H,18,19)/t11-/m0/s1. The first kappa shape index (κ1) is 14.3. The van der Waals surface area contributed by atoms with Crippen molar-refractivity contribution in [1.29, 1.82) is 5.26 Å². The lowest BCUT2D eigenvalue weighted by Gasteiger charge is -2.24. The molecule has 7 nitrogen and oxygen atoms in total. The molecule has 5 N–H and O–H groups in total. The van der Waals surface area contributed by atoms with Crippen LogP contribution in [0.5, 0.6) is 17.4 Å². The van der Waals surface area contributed by atoms with Crippen molar-refractivity contribution in [3.05, 3.63) is 44.9 Å². The summed E-state index contributed by atoms with van der Waals surface area (Å²) in [7, 11) is 0. The molecular formula is C14H11BrN4O3. The van der Waals surface area contributed by atoms with E-state index in [9.17, 15) is 15.5 Å². The number of ether oxygens (including phenoxy) is 1. The first-order valence-electron chi connectivity index (χ1n) is 6.27. The van der Waals surface area contributed by atoms with Crippen LogP contribution in [0.15, 0.2) is 28.1 Å². The number of phenols is 2. The van der Waals surface area contributed by atoms with Gasteiger partial charge in [-0.25, -0.2) is 0 Å². The number of nitrogens with two attached hydrogens (primary N) is 1. The number of nitrogens with one attached hydrogen (secondary N) is 1. The van der Waals surface area contributed by atoms with Gasteiger partial charge in [0.25, 0.3) is 0 Å². The Balaban J connectivity index is 2.28. The number of aromatic hydroxyl groups is 2. The second-order valence-electron chi connectivity index (χ2n) is 4.87. The largest absolute Gasteiger partial charge is 0.507 e. The van der Waals surface area contributed by atoms with E-state index < -0.39 is 5.92 Å². The molecular weight excluding hydrogens is 352 g/mol. The maximum atomic E-state index is 9.91. The van der Waals surface area contributed by atoms with E-state index in [-0.39, 0.29) is 33.3 Å². The van der Waals surface area contributed by atoms with Gasteiger partial charge in [0, 0.05) is 11.3 Å². The zero-order valence-corrected chi connectivity index (χ0v) is 13.0. The van der Waals surface area contributed by atoms with Gasteiger partial charge in [0.1, 0.15) is 27.6 Å². The van der Waals surface area contributed by atoms with Gasteiger partial charge in [0.2, 0.25) is 11.8 Å². The number of aromatic nitrogens is 2. The molecule has 0 saturated carbocycles. The maximum absolute atomic E-state index is 9.91. The Hall–Kier alpha value is -2.66. The number of benzene rings is 1. The number of nitriles is 1. The van der Waals surface area contributed by atoms with Crippen molar-refractivity contribution in [3.63, 3.8) is 0 Å². The molecule has 1 aromatic heterocycles. The first-order valence-corrected chi connectivity index (χ1v) is 7.07. The molecule has 0 aliphatic carbocycles. The monoisotopic (exact) mass is 362 g/mol. The van der Waals surface area contributed by atoms with Gasteiger partial charge in [0.05, 0.1) is 5.92 Å². The lowest BCUT2D eigenvalue weighted by atomic mass is 9.84. The average Bonchev–Trinajstić information content (AvgIpc) is 2.83. The van der Waals surface area contributed by atoms with Crippen LogP contribution < -0.4 is 10.5 Å². The van der Waals surface area contributed by atoms with Crippen molar-refractivity contribution in [2.24, 2.45) is 5.73 Å². The van der Waals surface area contributed by atoms with Crippen molar-refractivity contribution in [2.75, 3.05) is 0 Å². The summed E-state index contributed by atoms with van der Waals surface area (Å²) in [6.45, 7) is 1.79. The van der Waals surface area contributed by atoms with Crippen LogP contribution in [0.1, 0.15) is 22.7 Å². The molecule has 112 valence electrons. The minimum Gasteiger partial charge on any atom is -0.507 e. The fourth-order valence-electron chi connectivity index (χ4n) is 2.51. The highest BCUT2D eigenvalue weighted by atomic mass is 79.9. The van der Waals surface area contributed by atoms with Crippen molar-refractivity contribution < 1.29 is 14.9 Å². The van der Waals surface area contributed by atoms with Crippen LogP contribution in [0.2, 0.25) is 0 Å². The summed E-state index contributed by atoms with van der Waals surface area (Å²) in [5.74, 6) is -0.633. The second-order valence-corrected chi connectivity index (χ2v) is 5.66. The molecule has 22 heavy (non-hydrogen) atoms. The van der Waals surface area contributed by atoms with E-state index in [0.29, 0.717) is 16.8 Å². The van der Waals surface area contributed by atoms with Crippen molar-refractivity contribution in [3.8, 4) is 23.4 Å². The number of aryl methyl sites for hydroxylation is 1. The third-order valence-corrected chi connectivity index (χ3v) is 4.33. The molecule has 2 heterocycles. The summed E-state index contributed by atoms with van der Waals surface area (Å²) in [5.41, 5.74) is 7.85. The Morgan fingerprint density at radius 2 is 2.05 bits per heavy atom. The predicted octanol–water partition coefficient (Wildman–Crippen LogP) is 2.11. The van der Waals surface area contributed by atoms with E-state index in [2.05, 4.69) is 26.1 Å². The van der Waals surface area contributed by atoms with Crippen molar-refractivity contribution in [2.45, 2.75) is 12.8 Å². The number of fused-ring (bicyclic) bond motifs is 1. The smallest absolute Gasteiger partial charge is 0.244 e. The summed E-state index contributed by atoms with van der Waals surface area (Å²) in [6, 6.07) is 4.94. The van der Waals surface area contributed by atoms with Crippen LogP contribution in [-0.2, 0) is 0 Å². The van der Waals surface area contributed by atoms with E-state index in [4.69, 9.17) is 10.5 Å². The number of nitrogens with zero attached hydrogens (tertiary/aromatic N) is 2. The third kappa shape index (κ3) is 1.98. The van der Waals surface area contributed by atoms with E-state index in [1.165, 1.54) is 12.1 Å². The van der Waals surface area contributed by atoms with Crippen LogP contribution >= 0.6 is 15.9 Å². The van der Waals surface area contributed by atoms with Crippen LogP contribution in [0.3, 0.4) is 0 Å². The molecule has 0 amide bonds. The second kappa shape index (κ2) is 4.96. The van der Waals surface area contributed by atoms with Gasteiger partial charge in [-0.2, -0.15) is 5.26 Å².